The quantitative estimate of drug-likeness (QED) is 0.294. The molecule has 33 heavy (non-hydrogen) atoms. The molecule has 0 amide bonds. The Kier molecular flexibility index (Phi) is 3.79. The van der Waals surface area contributed by atoms with Gasteiger partial charge in [-0.25, -0.2) is 4.98 Å². The predicted octanol–water partition coefficient (Wildman–Crippen LogP) is 7.41. The number of benzene rings is 4. The van der Waals surface area contributed by atoms with Gasteiger partial charge in [0.2, 0.25) is 5.71 Å². The van der Waals surface area contributed by atoms with E-state index in [0.717, 1.165) is 62.4 Å². The maximum absolute atomic E-state index is 6.37. The molecule has 0 unspecified atom stereocenters. The fourth-order valence-corrected chi connectivity index (χ4v) is 5.04. The molecule has 0 saturated carbocycles. The molecular weight excluding hydrogens is 406 g/mol. The van der Waals surface area contributed by atoms with Gasteiger partial charge in [-0.2, -0.15) is 0 Å². The van der Waals surface area contributed by atoms with Crippen LogP contribution in [0.5, 0.6) is 0 Å². The van der Waals surface area contributed by atoms with E-state index in [1.54, 1.807) is 0 Å². The van der Waals surface area contributed by atoms with Crippen LogP contribution in [-0.2, 0) is 6.42 Å². The first kappa shape index (κ1) is 18.3. The van der Waals surface area contributed by atoms with E-state index < -0.39 is 0 Å². The van der Waals surface area contributed by atoms with E-state index in [2.05, 4.69) is 94.8 Å². The van der Waals surface area contributed by atoms with Crippen LogP contribution in [-0.4, -0.2) is 14.0 Å². The lowest BCUT2D eigenvalue weighted by Gasteiger charge is -2.09. The molecule has 3 aromatic heterocycles. The first-order valence-corrected chi connectivity index (χ1v) is 11.3. The lowest BCUT2D eigenvalue weighted by atomic mass is 10.0. The second-order valence-electron chi connectivity index (χ2n) is 8.36. The van der Waals surface area contributed by atoms with Gasteiger partial charge in [-0.05, 0) is 48.0 Å². The van der Waals surface area contributed by atoms with E-state index in [4.69, 9.17) is 9.40 Å². The zero-order valence-corrected chi connectivity index (χ0v) is 18.2. The minimum absolute atomic E-state index is 0.875. The van der Waals surface area contributed by atoms with Crippen molar-refractivity contribution in [2.75, 3.05) is 0 Å². The van der Waals surface area contributed by atoms with Crippen molar-refractivity contribution < 1.29 is 4.42 Å². The molecular formula is C29H21N3O. The number of hydrogen-bond donors (Lipinski definition) is 0. The Labute approximate surface area is 190 Å². The van der Waals surface area contributed by atoms with Gasteiger partial charge < -0.3 is 4.42 Å². The molecule has 4 heteroatoms. The second kappa shape index (κ2) is 6.84. The van der Waals surface area contributed by atoms with Gasteiger partial charge in [0.15, 0.2) is 5.58 Å². The highest BCUT2D eigenvalue weighted by Gasteiger charge is 2.19. The van der Waals surface area contributed by atoms with Crippen molar-refractivity contribution in [1.29, 1.82) is 0 Å². The van der Waals surface area contributed by atoms with Gasteiger partial charge in [0, 0.05) is 17.5 Å². The number of nitrogens with zero attached hydrogens (tertiary/aromatic N) is 3. The van der Waals surface area contributed by atoms with Crippen LogP contribution in [0.1, 0.15) is 12.7 Å². The minimum atomic E-state index is 0.875. The fraction of sp³-hybridized carbons (Fsp3) is 0.0690. The average molecular weight is 428 g/mol. The molecule has 158 valence electrons. The van der Waals surface area contributed by atoms with Crippen molar-refractivity contribution in [1.82, 2.24) is 14.0 Å². The van der Waals surface area contributed by atoms with Crippen molar-refractivity contribution in [3.8, 4) is 16.8 Å². The molecule has 7 rings (SSSR count). The van der Waals surface area contributed by atoms with Crippen LogP contribution in [0, 0.1) is 0 Å². The fourth-order valence-electron chi connectivity index (χ4n) is 5.04. The molecule has 4 aromatic carbocycles. The van der Waals surface area contributed by atoms with Crippen molar-refractivity contribution in [3.05, 3.63) is 103 Å². The molecule has 0 aliphatic carbocycles. The molecule has 0 aliphatic heterocycles. The molecule has 0 bridgehead atoms. The maximum atomic E-state index is 6.37. The second-order valence-corrected chi connectivity index (χ2v) is 8.36. The number of para-hydroxylation sites is 5. The van der Waals surface area contributed by atoms with Gasteiger partial charge in [-0.3, -0.25) is 8.97 Å². The Morgan fingerprint density at radius 1 is 0.727 bits per heavy atom. The lowest BCUT2D eigenvalue weighted by molar-refractivity contribution is 0.658. The molecule has 0 fully saturated rings. The molecule has 0 saturated heterocycles. The zero-order chi connectivity index (χ0) is 21.9. The topological polar surface area (TPSA) is 35.4 Å². The normalized spacial score (nSPS) is 11.9. The number of rotatable bonds is 3. The number of hydrogen-bond acceptors (Lipinski definition) is 2. The van der Waals surface area contributed by atoms with Gasteiger partial charge in [0.25, 0.3) is 0 Å². The standard InChI is InChI=1S/C29H21N3O/c1-2-27-30-22-10-4-6-12-24(22)31(27)20-17-15-19(16-18-20)28-21-9-3-5-11-23(21)32-25-13-7-8-14-26(25)33-29(28)32/h3-18H,2H2,1H3. The summed E-state index contributed by atoms with van der Waals surface area (Å²) in [6.45, 7) is 2.15. The van der Waals surface area contributed by atoms with Crippen LogP contribution in [0.15, 0.2) is 101 Å². The molecule has 7 aromatic rings. The summed E-state index contributed by atoms with van der Waals surface area (Å²) >= 11 is 0. The number of aromatic nitrogens is 3. The highest BCUT2D eigenvalue weighted by molar-refractivity contribution is 6.06. The lowest BCUT2D eigenvalue weighted by Crippen LogP contribution is -1.99. The van der Waals surface area contributed by atoms with Gasteiger partial charge in [-0.15, -0.1) is 0 Å². The Hall–Kier alpha value is -4.31. The molecule has 0 N–H and O–H groups in total. The van der Waals surface area contributed by atoms with Crippen molar-refractivity contribution in [2.45, 2.75) is 13.3 Å². The number of fused-ring (bicyclic) bond motifs is 6. The van der Waals surface area contributed by atoms with Gasteiger partial charge >= 0.3 is 0 Å². The predicted molar refractivity (Wildman–Crippen MR) is 134 cm³/mol. The van der Waals surface area contributed by atoms with E-state index in [1.165, 1.54) is 5.39 Å². The van der Waals surface area contributed by atoms with Crippen LogP contribution in [0.4, 0.5) is 0 Å². The highest BCUT2D eigenvalue weighted by atomic mass is 16.3. The third-order valence-electron chi connectivity index (χ3n) is 6.50. The summed E-state index contributed by atoms with van der Waals surface area (Å²) in [6.07, 6.45) is 0.875. The highest BCUT2D eigenvalue weighted by Crippen LogP contribution is 2.39. The average Bonchev–Trinajstić information content (AvgIpc) is 3.52. The molecule has 3 heterocycles. The van der Waals surface area contributed by atoms with E-state index in [9.17, 15) is 0 Å². The van der Waals surface area contributed by atoms with E-state index in [0.29, 0.717) is 0 Å². The van der Waals surface area contributed by atoms with Gasteiger partial charge in [0.1, 0.15) is 5.82 Å². The monoisotopic (exact) mass is 427 g/mol. The van der Waals surface area contributed by atoms with Crippen LogP contribution in [0.25, 0.3) is 55.6 Å². The van der Waals surface area contributed by atoms with E-state index in [-0.39, 0.29) is 0 Å². The largest absolute Gasteiger partial charge is 0.438 e. The van der Waals surface area contributed by atoms with Crippen LogP contribution in [0.3, 0.4) is 0 Å². The minimum Gasteiger partial charge on any atom is -0.438 e. The molecule has 0 spiro atoms. The number of aryl methyl sites for hydroxylation is 1. The third-order valence-corrected chi connectivity index (χ3v) is 6.50. The first-order chi connectivity index (χ1) is 16.3. The van der Waals surface area contributed by atoms with Crippen molar-refractivity contribution in [2.24, 2.45) is 0 Å². The SMILES string of the molecule is CCc1nc2ccccc2n1-c1ccc(-c2c3ccccc3n3c2oc2ccccc23)cc1. The summed E-state index contributed by atoms with van der Waals surface area (Å²) in [4.78, 5) is 4.83. The number of imidazole rings is 1. The van der Waals surface area contributed by atoms with Crippen molar-refractivity contribution in [3.63, 3.8) is 0 Å². The van der Waals surface area contributed by atoms with Crippen LogP contribution >= 0.6 is 0 Å². The summed E-state index contributed by atoms with van der Waals surface area (Å²) in [5.41, 5.74) is 9.57. The molecule has 0 aliphatic rings. The van der Waals surface area contributed by atoms with Gasteiger partial charge in [0.05, 0.1) is 27.6 Å². The summed E-state index contributed by atoms with van der Waals surface area (Å²) < 4.78 is 10.9. The smallest absolute Gasteiger partial charge is 0.213 e. The molecule has 4 nitrogen and oxygen atoms in total. The zero-order valence-electron chi connectivity index (χ0n) is 18.2. The first-order valence-electron chi connectivity index (χ1n) is 11.3. The number of oxazole rings is 1. The van der Waals surface area contributed by atoms with Crippen molar-refractivity contribution >= 4 is 38.7 Å². The Morgan fingerprint density at radius 3 is 2.24 bits per heavy atom. The summed E-state index contributed by atoms with van der Waals surface area (Å²) in [5, 5.41) is 1.19. The summed E-state index contributed by atoms with van der Waals surface area (Å²) in [6, 6.07) is 33.8. The molecule has 0 radical (unpaired) electrons. The van der Waals surface area contributed by atoms with Crippen LogP contribution in [0.2, 0.25) is 0 Å². The third kappa shape index (κ3) is 2.55. The van der Waals surface area contributed by atoms with E-state index >= 15 is 0 Å². The Bertz CT molecular complexity index is 1800. The molecule has 0 atom stereocenters. The van der Waals surface area contributed by atoms with Crippen LogP contribution < -0.4 is 0 Å². The summed E-state index contributed by atoms with van der Waals surface area (Å²) in [5.74, 6) is 1.07. The summed E-state index contributed by atoms with van der Waals surface area (Å²) in [7, 11) is 0. The Balaban J connectivity index is 1.46. The van der Waals surface area contributed by atoms with Gasteiger partial charge in [-0.1, -0.05) is 61.5 Å². The van der Waals surface area contributed by atoms with E-state index in [1.807, 2.05) is 18.2 Å². The maximum Gasteiger partial charge on any atom is 0.213 e. The Morgan fingerprint density at radius 2 is 1.42 bits per heavy atom.